The molecular weight excluding hydrogens is 523 g/mol. The molecule has 1 aromatic carbocycles. The standard InChI is InChI=1S/C25H28F3N5O4S/c26-25(27,28)23(36)37-33-15-5-4-8-19(33)21(35)29-18(12-9-16-6-2-1-3-7-16)13-14-20(34)30-24-32-31-22(38-24)17-10-11-17/h1-3,6-7,13-14,17-19H,4-5,8-12,15H2,(H,29,35)(H,30,32,34)/b14-13+/t18-,19-/m0/s1. The SMILES string of the molecule is O=C(/C=C/[C@H](CCc1ccccc1)NC(=O)[C@@H]1CCCCN1OC(=O)C(F)(F)F)Nc1nnc(C2CC2)s1. The van der Waals surface area contributed by atoms with Crippen LogP contribution in [0.5, 0.6) is 0 Å². The van der Waals surface area contributed by atoms with E-state index in [2.05, 4.69) is 25.7 Å². The zero-order valence-electron chi connectivity index (χ0n) is 20.4. The fourth-order valence-corrected chi connectivity index (χ4v) is 4.94. The number of alkyl halides is 3. The number of anilines is 1. The Morgan fingerprint density at radius 2 is 1.89 bits per heavy atom. The highest BCUT2D eigenvalue weighted by atomic mass is 32.1. The lowest BCUT2D eigenvalue weighted by Gasteiger charge is -2.33. The minimum absolute atomic E-state index is 0.0114. The van der Waals surface area contributed by atoms with Crippen LogP contribution in [0.3, 0.4) is 0 Å². The molecule has 1 saturated carbocycles. The summed E-state index contributed by atoms with van der Waals surface area (Å²) in [5.41, 5.74) is 1.02. The van der Waals surface area contributed by atoms with Gasteiger partial charge in [-0.15, -0.1) is 15.3 Å². The number of carbonyl (C=O) groups excluding carboxylic acids is 3. The summed E-state index contributed by atoms with van der Waals surface area (Å²) >= 11 is 1.32. The van der Waals surface area contributed by atoms with Crippen molar-refractivity contribution in [3.05, 3.63) is 53.1 Å². The van der Waals surface area contributed by atoms with Crippen LogP contribution >= 0.6 is 11.3 Å². The molecule has 2 heterocycles. The van der Waals surface area contributed by atoms with E-state index in [-0.39, 0.29) is 13.0 Å². The van der Waals surface area contributed by atoms with Crippen LogP contribution in [0.2, 0.25) is 0 Å². The highest BCUT2D eigenvalue weighted by Gasteiger charge is 2.44. The molecule has 2 amide bonds. The van der Waals surface area contributed by atoms with E-state index in [1.165, 1.54) is 23.5 Å². The maximum atomic E-state index is 13.1. The van der Waals surface area contributed by atoms with Crippen LogP contribution in [0.15, 0.2) is 42.5 Å². The molecule has 2 fully saturated rings. The number of hydrogen-bond acceptors (Lipinski definition) is 8. The first-order valence-electron chi connectivity index (χ1n) is 12.4. The second-order valence-electron chi connectivity index (χ2n) is 9.24. The number of hydroxylamine groups is 2. The third-order valence-electron chi connectivity index (χ3n) is 6.18. The third-order valence-corrected chi connectivity index (χ3v) is 7.18. The topological polar surface area (TPSA) is 114 Å². The Balaban J connectivity index is 1.40. The van der Waals surface area contributed by atoms with Gasteiger partial charge in [-0.05, 0) is 50.5 Å². The lowest BCUT2D eigenvalue weighted by molar-refractivity contribution is -0.248. The van der Waals surface area contributed by atoms with Gasteiger partial charge in [-0.3, -0.25) is 14.9 Å². The number of aromatic nitrogens is 2. The second-order valence-corrected chi connectivity index (χ2v) is 10.2. The van der Waals surface area contributed by atoms with Crippen molar-refractivity contribution in [2.75, 3.05) is 11.9 Å². The number of aryl methyl sites for hydroxylation is 1. The van der Waals surface area contributed by atoms with Gasteiger partial charge in [0.1, 0.15) is 11.0 Å². The van der Waals surface area contributed by atoms with Crippen LogP contribution in [0.4, 0.5) is 18.3 Å². The molecule has 9 nitrogen and oxygen atoms in total. The summed E-state index contributed by atoms with van der Waals surface area (Å²) in [6.07, 6.45) is 2.11. The molecule has 2 aliphatic rings. The molecule has 0 unspecified atom stereocenters. The average molecular weight is 552 g/mol. The summed E-state index contributed by atoms with van der Waals surface area (Å²) in [6, 6.07) is 7.85. The van der Waals surface area contributed by atoms with Gasteiger partial charge in [0.15, 0.2) is 0 Å². The number of halogens is 3. The van der Waals surface area contributed by atoms with E-state index in [1.54, 1.807) is 0 Å². The average Bonchev–Trinajstić information content (AvgIpc) is 3.64. The van der Waals surface area contributed by atoms with E-state index in [0.717, 1.165) is 28.5 Å². The number of hydrogen-bond donors (Lipinski definition) is 2. The summed E-state index contributed by atoms with van der Waals surface area (Å²) in [4.78, 5) is 41.5. The molecule has 38 heavy (non-hydrogen) atoms. The Morgan fingerprint density at radius 3 is 2.61 bits per heavy atom. The van der Waals surface area contributed by atoms with Crippen LogP contribution in [0, 0.1) is 0 Å². The minimum atomic E-state index is -5.17. The van der Waals surface area contributed by atoms with Gasteiger partial charge < -0.3 is 10.2 Å². The molecule has 0 bridgehead atoms. The summed E-state index contributed by atoms with van der Waals surface area (Å²) in [5.74, 6) is -2.97. The van der Waals surface area contributed by atoms with Crippen molar-refractivity contribution in [2.45, 2.75) is 69.1 Å². The van der Waals surface area contributed by atoms with Crippen molar-refractivity contribution in [1.29, 1.82) is 0 Å². The molecule has 1 saturated heterocycles. The molecule has 1 aliphatic heterocycles. The molecule has 1 aliphatic carbocycles. The Labute approximate surface area is 221 Å². The quantitative estimate of drug-likeness (QED) is 0.431. The maximum absolute atomic E-state index is 13.1. The van der Waals surface area contributed by atoms with Crippen molar-refractivity contribution in [2.24, 2.45) is 0 Å². The summed E-state index contributed by atoms with van der Waals surface area (Å²) in [5, 5.41) is 15.6. The van der Waals surface area contributed by atoms with E-state index < -0.39 is 36.0 Å². The maximum Gasteiger partial charge on any atom is 0.492 e. The summed E-state index contributed by atoms with van der Waals surface area (Å²) < 4.78 is 38.2. The molecule has 0 radical (unpaired) electrons. The lowest BCUT2D eigenvalue weighted by Crippen LogP contribution is -2.53. The highest BCUT2D eigenvalue weighted by molar-refractivity contribution is 7.15. The number of carbonyl (C=O) groups is 3. The Bertz CT molecular complexity index is 1150. The number of rotatable bonds is 10. The molecule has 1 aromatic heterocycles. The van der Waals surface area contributed by atoms with E-state index >= 15 is 0 Å². The van der Waals surface area contributed by atoms with Crippen molar-refractivity contribution in [3.63, 3.8) is 0 Å². The van der Waals surface area contributed by atoms with E-state index in [4.69, 9.17) is 0 Å². The van der Waals surface area contributed by atoms with Crippen LogP contribution in [0.25, 0.3) is 0 Å². The molecule has 2 N–H and O–H groups in total. The first-order valence-corrected chi connectivity index (χ1v) is 13.2. The molecule has 4 rings (SSSR count). The van der Waals surface area contributed by atoms with E-state index in [1.807, 2.05) is 30.3 Å². The fraction of sp³-hybridized carbons (Fsp3) is 0.480. The summed E-state index contributed by atoms with van der Waals surface area (Å²) in [6.45, 7) is 0.0114. The third kappa shape index (κ3) is 8.09. The summed E-state index contributed by atoms with van der Waals surface area (Å²) in [7, 11) is 0. The number of nitrogens with zero attached hydrogens (tertiary/aromatic N) is 3. The van der Waals surface area contributed by atoms with Crippen molar-refractivity contribution in [1.82, 2.24) is 20.6 Å². The number of amides is 2. The molecule has 2 aromatic rings. The van der Waals surface area contributed by atoms with E-state index in [9.17, 15) is 27.6 Å². The number of benzene rings is 1. The van der Waals surface area contributed by atoms with Gasteiger partial charge in [-0.1, -0.05) is 47.7 Å². The molecule has 2 atom stereocenters. The molecule has 13 heteroatoms. The van der Waals surface area contributed by atoms with Gasteiger partial charge in [-0.25, -0.2) is 4.79 Å². The first-order chi connectivity index (χ1) is 18.2. The van der Waals surface area contributed by atoms with Gasteiger partial charge in [0.25, 0.3) is 0 Å². The largest absolute Gasteiger partial charge is 0.492 e. The Morgan fingerprint density at radius 1 is 1.13 bits per heavy atom. The monoisotopic (exact) mass is 551 g/mol. The zero-order valence-corrected chi connectivity index (χ0v) is 21.3. The normalized spacial score (nSPS) is 19.2. The Kier molecular flexibility index (Phi) is 9.10. The van der Waals surface area contributed by atoms with Gasteiger partial charge >= 0.3 is 12.1 Å². The van der Waals surface area contributed by atoms with Crippen LogP contribution in [-0.2, 0) is 25.6 Å². The van der Waals surface area contributed by atoms with E-state index in [0.29, 0.717) is 36.7 Å². The predicted molar refractivity (Wildman–Crippen MR) is 133 cm³/mol. The van der Waals surface area contributed by atoms with Crippen molar-refractivity contribution in [3.8, 4) is 0 Å². The smallest absolute Gasteiger partial charge is 0.360 e. The molecular formula is C25H28F3N5O4S. The number of nitrogens with one attached hydrogen (secondary N) is 2. The van der Waals surface area contributed by atoms with Gasteiger partial charge in [0, 0.05) is 24.6 Å². The zero-order chi connectivity index (χ0) is 27.1. The van der Waals surface area contributed by atoms with Crippen LogP contribution in [0.1, 0.15) is 55.0 Å². The van der Waals surface area contributed by atoms with Crippen molar-refractivity contribution < 1.29 is 32.4 Å². The fourth-order valence-electron chi connectivity index (χ4n) is 4.03. The molecule has 0 spiro atoms. The van der Waals surface area contributed by atoms with Gasteiger partial charge in [0.2, 0.25) is 16.9 Å². The highest BCUT2D eigenvalue weighted by Crippen LogP contribution is 2.42. The molecule has 204 valence electrons. The van der Waals surface area contributed by atoms with Crippen LogP contribution < -0.4 is 10.6 Å². The second kappa shape index (κ2) is 12.5. The minimum Gasteiger partial charge on any atom is -0.360 e. The number of piperidine rings is 1. The van der Waals surface area contributed by atoms with Gasteiger partial charge in [0.05, 0.1) is 0 Å². The Hall–Kier alpha value is -3.32. The first kappa shape index (κ1) is 27.7. The van der Waals surface area contributed by atoms with Gasteiger partial charge in [-0.2, -0.15) is 13.2 Å². The predicted octanol–water partition coefficient (Wildman–Crippen LogP) is 3.90. The van der Waals surface area contributed by atoms with Crippen molar-refractivity contribution >= 4 is 34.3 Å². The lowest BCUT2D eigenvalue weighted by atomic mass is 10.0. The van der Waals surface area contributed by atoms with Crippen LogP contribution in [-0.4, -0.2) is 57.8 Å².